The highest BCUT2D eigenvalue weighted by Crippen LogP contribution is 2.19. The summed E-state index contributed by atoms with van der Waals surface area (Å²) >= 11 is 3.22. The van der Waals surface area contributed by atoms with Crippen molar-refractivity contribution in [1.82, 2.24) is 9.97 Å². The van der Waals surface area contributed by atoms with Crippen LogP contribution in [0, 0.1) is 0 Å². The molecule has 2 amide bonds. The molecule has 0 saturated carbocycles. The maximum atomic E-state index is 11.4. The highest BCUT2D eigenvalue weighted by Gasteiger charge is 2.18. The van der Waals surface area contributed by atoms with E-state index in [0.29, 0.717) is 22.3 Å². The van der Waals surface area contributed by atoms with Gasteiger partial charge in [-0.15, -0.1) is 0 Å². The second-order valence-corrected chi connectivity index (χ2v) is 8.90. The summed E-state index contributed by atoms with van der Waals surface area (Å²) in [4.78, 5) is 41.2. The summed E-state index contributed by atoms with van der Waals surface area (Å²) in [5, 5.41) is 5.06. The summed E-state index contributed by atoms with van der Waals surface area (Å²) in [5.41, 5.74) is 0.0266. The maximum Gasteiger partial charge on any atom is 0.412 e. The molecule has 10 heteroatoms. The second kappa shape index (κ2) is 11.4. The van der Waals surface area contributed by atoms with Gasteiger partial charge >= 0.3 is 12.2 Å². The first-order valence-corrected chi connectivity index (χ1v) is 10.1. The number of rotatable bonds is 3. The molecule has 0 spiro atoms. The number of hydrogen-bond acceptors (Lipinski definition) is 7. The lowest BCUT2D eigenvalue weighted by Gasteiger charge is -2.19. The third-order valence-electron chi connectivity index (χ3n) is 2.98. The first-order chi connectivity index (χ1) is 14.3. The fourth-order valence-corrected chi connectivity index (χ4v) is 2.27. The minimum absolute atomic E-state index is 0.174. The zero-order valence-electron chi connectivity index (χ0n) is 18.4. The van der Waals surface area contributed by atoms with E-state index >= 15 is 0 Å². The number of amides is 2. The van der Waals surface area contributed by atoms with Crippen LogP contribution >= 0.6 is 15.9 Å². The van der Waals surface area contributed by atoms with Gasteiger partial charge in [-0.1, -0.05) is 0 Å². The van der Waals surface area contributed by atoms with Crippen molar-refractivity contribution in [3.63, 3.8) is 0 Å². The summed E-state index contributed by atoms with van der Waals surface area (Å²) in [6.07, 6.45) is 2.58. The predicted octanol–water partition coefficient (Wildman–Crippen LogP) is 5.43. The van der Waals surface area contributed by atoms with E-state index in [1.54, 1.807) is 51.2 Å². The molecule has 0 aliphatic rings. The smallest absolute Gasteiger partial charge is 0.412 e. The van der Waals surface area contributed by atoms with Crippen LogP contribution in [0.15, 0.2) is 41.3 Å². The highest BCUT2D eigenvalue weighted by atomic mass is 79.9. The second-order valence-electron chi connectivity index (χ2n) is 8.15. The molecule has 31 heavy (non-hydrogen) atoms. The number of ether oxygens (including phenoxy) is 2. The maximum absolute atomic E-state index is 11.4. The van der Waals surface area contributed by atoms with E-state index < -0.39 is 23.4 Å². The monoisotopic (exact) mass is 494 g/mol. The lowest BCUT2D eigenvalue weighted by atomic mass is 10.2. The standard InChI is InChI=1S/C11H14N2O3.C10H13BrN2O2/c1-11(2,3)16-10(15)13-8-5-4-6-12-9(8)7-14;1-10(2,3)15-9(14)13-7-5-4-6-12-8(7)11/h4-7H,1-3H3,(H,13,15);4-6H,1-3H3,(H,13,14). The van der Waals surface area contributed by atoms with Crippen LogP contribution in [-0.4, -0.2) is 39.6 Å². The Morgan fingerprint density at radius 1 is 0.871 bits per heavy atom. The van der Waals surface area contributed by atoms with Gasteiger partial charge in [0.25, 0.3) is 0 Å². The van der Waals surface area contributed by atoms with Gasteiger partial charge in [0.05, 0.1) is 11.4 Å². The van der Waals surface area contributed by atoms with Gasteiger partial charge in [-0.25, -0.2) is 14.6 Å². The molecule has 0 aromatic carbocycles. The van der Waals surface area contributed by atoms with E-state index in [1.807, 2.05) is 20.8 Å². The van der Waals surface area contributed by atoms with Gasteiger partial charge in [-0.3, -0.25) is 20.4 Å². The molecule has 0 fully saturated rings. The Morgan fingerprint density at radius 2 is 1.32 bits per heavy atom. The quantitative estimate of drug-likeness (QED) is 0.430. The van der Waals surface area contributed by atoms with Gasteiger partial charge in [0.15, 0.2) is 6.29 Å². The Labute approximate surface area is 190 Å². The minimum Gasteiger partial charge on any atom is -0.444 e. The van der Waals surface area contributed by atoms with Gasteiger partial charge in [0.2, 0.25) is 0 Å². The number of carbonyl (C=O) groups is 3. The number of aromatic nitrogens is 2. The topological polar surface area (TPSA) is 120 Å². The molecule has 0 saturated heterocycles. The van der Waals surface area contributed by atoms with Crippen LogP contribution in [-0.2, 0) is 9.47 Å². The first-order valence-electron chi connectivity index (χ1n) is 9.31. The highest BCUT2D eigenvalue weighted by molar-refractivity contribution is 9.10. The number of nitrogens with zero attached hydrogens (tertiary/aromatic N) is 2. The SMILES string of the molecule is CC(C)(C)OC(=O)Nc1cccnc1Br.CC(C)(C)OC(=O)Nc1cccnc1C=O. The Hall–Kier alpha value is -3.01. The molecule has 2 rings (SSSR count). The fourth-order valence-electron chi connectivity index (χ4n) is 1.92. The van der Waals surface area contributed by atoms with Crippen molar-refractivity contribution in [3.8, 4) is 0 Å². The summed E-state index contributed by atoms with van der Waals surface area (Å²) in [5.74, 6) is 0. The summed E-state index contributed by atoms with van der Waals surface area (Å²) in [6.45, 7) is 10.7. The van der Waals surface area contributed by atoms with E-state index in [0.717, 1.165) is 0 Å². The Balaban J connectivity index is 0.000000311. The van der Waals surface area contributed by atoms with Crippen molar-refractivity contribution < 1.29 is 23.9 Å². The number of anilines is 2. The number of aldehydes is 1. The number of carbonyl (C=O) groups excluding carboxylic acids is 3. The Morgan fingerprint density at radius 3 is 1.77 bits per heavy atom. The van der Waals surface area contributed by atoms with Gasteiger partial charge in [0.1, 0.15) is 21.5 Å². The van der Waals surface area contributed by atoms with Crippen molar-refractivity contribution in [3.05, 3.63) is 47.0 Å². The summed E-state index contributed by atoms with van der Waals surface area (Å²) in [6, 6.07) is 6.68. The molecule has 0 radical (unpaired) electrons. The van der Waals surface area contributed by atoms with Gasteiger partial charge in [0, 0.05) is 12.4 Å². The molecule has 2 aromatic heterocycles. The predicted molar refractivity (Wildman–Crippen MR) is 121 cm³/mol. The van der Waals surface area contributed by atoms with Crippen LogP contribution in [0.4, 0.5) is 21.0 Å². The molecule has 0 aliphatic heterocycles. The third-order valence-corrected chi connectivity index (χ3v) is 3.61. The van der Waals surface area contributed by atoms with E-state index in [-0.39, 0.29) is 5.69 Å². The Kier molecular flexibility index (Phi) is 9.57. The normalized spacial score (nSPS) is 10.8. The lowest BCUT2D eigenvalue weighted by Crippen LogP contribution is -2.27. The van der Waals surface area contributed by atoms with Gasteiger partial charge < -0.3 is 9.47 Å². The van der Waals surface area contributed by atoms with Crippen molar-refractivity contribution in [2.45, 2.75) is 52.7 Å². The van der Waals surface area contributed by atoms with Crippen LogP contribution < -0.4 is 10.6 Å². The van der Waals surface area contributed by atoms with E-state index in [4.69, 9.17) is 9.47 Å². The van der Waals surface area contributed by atoms with Crippen LogP contribution in [0.2, 0.25) is 0 Å². The number of nitrogens with one attached hydrogen (secondary N) is 2. The zero-order valence-corrected chi connectivity index (χ0v) is 19.9. The summed E-state index contributed by atoms with van der Waals surface area (Å²) in [7, 11) is 0. The fraction of sp³-hybridized carbons (Fsp3) is 0.381. The zero-order chi connectivity index (χ0) is 23.7. The minimum atomic E-state index is -0.608. The largest absolute Gasteiger partial charge is 0.444 e. The molecule has 0 bridgehead atoms. The molecular weight excluding hydrogens is 468 g/mol. The van der Waals surface area contributed by atoms with Crippen LogP contribution in [0.3, 0.4) is 0 Å². The lowest BCUT2D eigenvalue weighted by molar-refractivity contribution is 0.0624. The summed E-state index contributed by atoms with van der Waals surface area (Å²) < 4.78 is 10.7. The Bertz CT molecular complexity index is 907. The van der Waals surface area contributed by atoms with Crippen LogP contribution in [0.5, 0.6) is 0 Å². The van der Waals surface area contributed by atoms with Crippen molar-refractivity contribution >= 4 is 45.8 Å². The molecule has 2 heterocycles. The van der Waals surface area contributed by atoms with Gasteiger partial charge in [-0.05, 0) is 81.7 Å². The number of halogens is 1. The molecule has 0 unspecified atom stereocenters. The molecule has 0 atom stereocenters. The molecule has 168 valence electrons. The van der Waals surface area contributed by atoms with Crippen molar-refractivity contribution in [1.29, 1.82) is 0 Å². The molecule has 9 nitrogen and oxygen atoms in total. The van der Waals surface area contributed by atoms with Crippen LogP contribution in [0.25, 0.3) is 0 Å². The molecule has 0 aliphatic carbocycles. The average Bonchev–Trinajstić information content (AvgIpc) is 2.61. The molecular formula is C21H27BrN4O5. The van der Waals surface area contributed by atoms with E-state index in [1.165, 1.54) is 6.20 Å². The van der Waals surface area contributed by atoms with Crippen molar-refractivity contribution in [2.24, 2.45) is 0 Å². The van der Waals surface area contributed by atoms with E-state index in [2.05, 4.69) is 36.5 Å². The third kappa shape index (κ3) is 11.1. The van der Waals surface area contributed by atoms with Crippen molar-refractivity contribution in [2.75, 3.05) is 10.6 Å². The number of hydrogen-bond donors (Lipinski definition) is 2. The van der Waals surface area contributed by atoms with Crippen LogP contribution in [0.1, 0.15) is 52.0 Å². The average molecular weight is 495 g/mol. The molecule has 2 N–H and O–H groups in total. The van der Waals surface area contributed by atoms with Gasteiger partial charge in [-0.2, -0.15) is 0 Å². The molecule has 2 aromatic rings. The van der Waals surface area contributed by atoms with E-state index in [9.17, 15) is 14.4 Å². The first kappa shape index (κ1) is 26.0. The number of pyridine rings is 2.